The molecule has 22 heavy (non-hydrogen) atoms. The highest BCUT2D eigenvalue weighted by Gasteiger charge is 2.31. The molecular formula is C12H11ClF3N5O. The Balaban J connectivity index is 3.08. The number of aromatic nitrogens is 1. The van der Waals surface area contributed by atoms with Crippen LogP contribution in [0.4, 0.5) is 19.0 Å². The summed E-state index contributed by atoms with van der Waals surface area (Å²) in [7, 11) is 1.40. The Bertz CT molecular complexity index is 666. The summed E-state index contributed by atoms with van der Waals surface area (Å²) in [4.78, 5) is 14.6. The number of rotatable bonds is 4. The summed E-state index contributed by atoms with van der Waals surface area (Å²) in [6.07, 6.45) is -3.94. The van der Waals surface area contributed by atoms with E-state index in [1.165, 1.54) is 14.0 Å². The topological polar surface area (TPSA) is 95.0 Å². The summed E-state index contributed by atoms with van der Waals surface area (Å²) < 4.78 is 37.6. The molecule has 0 aliphatic rings. The van der Waals surface area contributed by atoms with E-state index in [9.17, 15) is 18.0 Å². The number of anilines is 1. The van der Waals surface area contributed by atoms with Gasteiger partial charge in [0, 0.05) is 13.2 Å². The fourth-order valence-corrected chi connectivity index (χ4v) is 1.81. The second kappa shape index (κ2) is 6.53. The van der Waals surface area contributed by atoms with Gasteiger partial charge in [0.15, 0.2) is 5.82 Å². The molecule has 0 fully saturated rings. The van der Waals surface area contributed by atoms with Gasteiger partial charge in [-0.1, -0.05) is 11.6 Å². The van der Waals surface area contributed by atoms with Crippen molar-refractivity contribution in [1.82, 2.24) is 10.4 Å². The molecule has 1 amide bonds. The van der Waals surface area contributed by atoms with Gasteiger partial charge in [0.25, 0.3) is 5.91 Å². The summed E-state index contributed by atoms with van der Waals surface area (Å²) in [5, 5.41) is 9.71. The van der Waals surface area contributed by atoms with Gasteiger partial charge in [-0.25, -0.2) is 4.98 Å². The lowest BCUT2D eigenvalue weighted by atomic mass is 10.2. The first-order valence-electron chi connectivity index (χ1n) is 5.71. The minimum atomic E-state index is -4.56. The van der Waals surface area contributed by atoms with E-state index in [1.807, 2.05) is 0 Å². The van der Waals surface area contributed by atoms with Crippen molar-refractivity contribution < 1.29 is 18.0 Å². The zero-order valence-corrected chi connectivity index (χ0v) is 12.2. The predicted molar refractivity (Wildman–Crippen MR) is 73.3 cm³/mol. The highest BCUT2D eigenvalue weighted by atomic mass is 35.5. The van der Waals surface area contributed by atoms with Crippen LogP contribution in [0.1, 0.15) is 12.5 Å². The van der Waals surface area contributed by atoms with Crippen LogP contribution in [0.3, 0.4) is 0 Å². The molecule has 0 unspecified atom stereocenters. The average Bonchev–Trinajstić information content (AvgIpc) is 2.37. The van der Waals surface area contributed by atoms with E-state index in [0.717, 1.165) is 11.1 Å². The van der Waals surface area contributed by atoms with Crippen LogP contribution in [0, 0.1) is 11.3 Å². The van der Waals surface area contributed by atoms with E-state index >= 15 is 0 Å². The molecule has 1 heterocycles. The third kappa shape index (κ3) is 4.02. The maximum absolute atomic E-state index is 12.5. The van der Waals surface area contributed by atoms with Crippen molar-refractivity contribution in [2.75, 3.05) is 12.1 Å². The van der Waals surface area contributed by atoms with E-state index in [1.54, 1.807) is 6.07 Å². The van der Waals surface area contributed by atoms with Crippen LogP contribution in [-0.4, -0.2) is 17.9 Å². The van der Waals surface area contributed by atoms with E-state index in [-0.39, 0.29) is 22.1 Å². The largest absolute Gasteiger partial charge is 0.417 e. The molecular weight excluding hydrogens is 323 g/mol. The summed E-state index contributed by atoms with van der Waals surface area (Å²) in [6, 6.07) is 2.34. The number of pyridine rings is 1. The summed E-state index contributed by atoms with van der Waals surface area (Å²) in [5.41, 5.74) is 6.40. The number of alkyl halides is 3. The number of amides is 1. The maximum Gasteiger partial charge on any atom is 0.417 e. The van der Waals surface area contributed by atoms with Crippen LogP contribution >= 0.6 is 11.6 Å². The first kappa shape index (κ1) is 17.6. The van der Waals surface area contributed by atoms with Crippen molar-refractivity contribution in [3.63, 3.8) is 0 Å². The van der Waals surface area contributed by atoms with E-state index in [4.69, 9.17) is 22.6 Å². The lowest BCUT2D eigenvalue weighted by Gasteiger charge is -2.22. The molecule has 0 aliphatic carbocycles. The molecule has 0 bridgehead atoms. The first-order valence-corrected chi connectivity index (χ1v) is 6.09. The van der Waals surface area contributed by atoms with E-state index in [2.05, 4.69) is 10.4 Å². The molecule has 118 valence electrons. The number of hydrogen-bond donors (Lipinski definition) is 2. The minimum absolute atomic E-state index is 0.0178. The van der Waals surface area contributed by atoms with E-state index in [0.29, 0.717) is 6.20 Å². The van der Waals surface area contributed by atoms with Crippen molar-refractivity contribution in [1.29, 1.82) is 5.26 Å². The number of nitriles is 1. The van der Waals surface area contributed by atoms with Gasteiger partial charge in [0.05, 0.1) is 16.3 Å². The normalized spacial score (nSPS) is 12.2. The van der Waals surface area contributed by atoms with Gasteiger partial charge in [-0.2, -0.15) is 18.4 Å². The number of nitrogens with zero attached hydrogens (tertiary/aromatic N) is 3. The summed E-state index contributed by atoms with van der Waals surface area (Å²) in [5.74, 6) is -0.955. The Labute approximate surface area is 128 Å². The van der Waals surface area contributed by atoms with Gasteiger partial charge in [-0.05, 0) is 13.0 Å². The minimum Gasteiger partial charge on any atom is -0.365 e. The Kier molecular flexibility index (Phi) is 5.22. The Morgan fingerprint density at radius 2 is 2.14 bits per heavy atom. The van der Waals surface area contributed by atoms with Gasteiger partial charge < -0.3 is 11.2 Å². The highest BCUT2D eigenvalue weighted by Crippen LogP contribution is 2.32. The molecule has 1 aromatic rings. The molecule has 0 aliphatic heterocycles. The lowest BCUT2D eigenvalue weighted by Crippen LogP contribution is -2.35. The number of carbonyl (C=O) groups is 1. The number of allylic oxidation sites excluding steroid dienone is 1. The predicted octanol–water partition coefficient (Wildman–Crippen LogP) is 1.98. The van der Waals surface area contributed by atoms with Crippen LogP contribution in [0.2, 0.25) is 5.02 Å². The molecule has 10 heteroatoms. The molecule has 1 aromatic heterocycles. The van der Waals surface area contributed by atoms with Crippen LogP contribution in [-0.2, 0) is 11.0 Å². The van der Waals surface area contributed by atoms with Crippen LogP contribution < -0.4 is 16.2 Å². The van der Waals surface area contributed by atoms with Gasteiger partial charge in [-0.15, -0.1) is 0 Å². The molecule has 0 radical (unpaired) electrons. The lowest BCUT2D eigenvalue weighted by molar-refractivity contribution is -0.137. The molecule has 0 saturated carbocycles. The van der Waals surface area contributed by atoms with Crippen LogP contribution in [0.25, 0.3) is 0 Å². The molecule has 0 atom stereocenters. The van der Waals surface area contributed by atoms with Crippen molar-refractivity contribution in [3.05, 3.63) is 34.1 Å². The maximum atomic E-state index is 12.5. The molecule has 1 rings (SSSR count). The third-order valence-electron chi connectivity index (χ3n) is 2.54. The number of hydrogen-bond acceptors (Lipinski definition) is 5. The number of nitrogens with two attached hydrogens (primary N) is 1. The van der Waals surface area contributed by atoms with Crippen molar-refractivity contribution in [3.8, 4) is 6.07 Å². The van der Waals surface area contributed by atoms with Gasteiger partial charge in [0.1, 0.15) is 11.6 Å². The third-order valence-corrected chi connectivity index (χ3v) is 2.81. The van der Waals surface area contributed by atoms with Crippen LogP contribution in [0.15, 0.2) is 23.5 Å². The number of halogens is 4. The summed E-state index contributed by atoms with van der Waals surface area (Å²) in [6.45, 7) is 1.40. The zero-order chi connectivity index (χ0) is 17.1. The molecule has 0 spiro atoms. The number of nitrogens with one attached hydrogen (secondary N) is 1. The van der Waals surface area contributed by atoms with Crippen molar-refractivity contribution in [2.24, 2.45) is 5.73 Å². The first-order chi connectivity index (χ1) is 10.1. The monoisotopic (exact) mass is 333 g/mol. The average molecular weight is 334 g/mol. The number of carbonyl (C=O) groups excluding carboxylic acids is 1. The second-order valence-corrected chi connectivity index (χ2v) is 4.58. The number of hydrazine groups is 1. The van der Waals surface area contributed by atoms with Crippen molar-refractivity contribution >= 4 is 23.3 Å². The standard InChI is InChI=1S/C12H11ClF3N5O/c1-6(8(4-17)10(18)22)20-21(2)11-9(13)3-7(5-19-11)12(14,15)16/h3,5,20H,1-2H3,(H2,18,22). The van der Waals surface area contributed by atoms with Gasteiger partial charge in [-0.3, -0.25) is 9.80 Å². The second-order valence-electron chi connectivity index (χ2n) is 4.17. The smallest absolute Gasteiger partial charge is 0.365 e. The van der Waals surface area contributed by atoms with E-state index < -0.39 is 17.6 Å². The summed E-state index contributed by atoms with van der Waals surface area (Å²) >= 11 is 5.77. The fraction of sp³-hybridized carbons (Fsp3) is 0.250. The molecule has 0 aromatic carbocycles. The molecule has 0 saturated heterocycles. The Hall–Kier alpha value is -2.47. The van der Waals surface area contributed by atoms with Crippen LogP contribution in [0.5, 0.6) is 0 Å². The quantitative estimate of drug-likeness (QED) is 0.499. The number of primary amides is 1. The molecule has 3 N–H and O–H groups in total. The Morgan fingerprint density at radius 1 is 1.55 bits per heavy atom. The Morgan fingerprint density at radius 3 is 2.55 bits per heavy atom. The van der Waals surface area contributed by atoms with Gasteiger partial charge >= 0.3 is 6.18 Å². The molecule has 6 nitrogen and oxygen atoms in total. The zero-order valence-electron chi connectivity index (χ0n) is 11.5. The van der Waals surface area contributed by atoms with Crippen molar-refractivity contribution in [2.45, 2.75) is 13.1 Å². The fourth-order valence-electron chi connectivity index (χ4n) is 1.52. The SMILES string of the molecule is CC(NN(C)c1ncc(C(F)(F)F)cc1Cl)=C(C#N)C(N)=O. The highest BCUT2D eigenvalue weighted by molar-refractivity contribution is 6.33. The van der Waals surface area contributed by atoms with Gasteiger partial charge in [0.2, 0.25) is 0 Å².